The van der Waals surface area contributed by atoms with E-state index in [1.54, 1.807) is 6.92 Å². The fourth-order valence-electron chi connectivity index (χ4n) is 1.14. The van der Waals surface area contributed by atoms with Crippen molar-refractivity contribution in [2.45, 2.75) is 19.4 Å². The van der Waals surface area contributed by atoms with Crippen LogP contribution in [0.4, 0.5) is 0 Å². The van der Waals surface area contributed by atoms with Crippen LogP contribution in [0.5, 0.6) is 0 Å². The molecular weight excluding hydrogens is 217 g/mol. The van der Waals surface area contributed by atoms with Gasteiger partial charge in [0, 0.05) is 6.42 Å². The molecule has 7 heteroatoms. The summed E-state index contributed by atoms with van der Waals surface area (Å²) >= 11 is 0. The van der Waals surface area contributed by atoms with Crippen LogP contribution in [0.15, 0.2) is 0 Å². The van der Waals surface area contributed by atoms with Crippen LogP contribution < -0.4 is 5.09 Å². The Morgan fingerprint density at radius 1 is 1.67 bits per heavy atom. The van der Waals surface area contributed by atoms with Crippen LogP contribution in [0.3, 0.4) is 0 Å². The van der Waals surface area contributed by atoms with Gasteiger partial charge in [-0.3, -0.25) is 14.7 Å². The highest BCUT2D eigenvalue weighted by molar-refractivity contribution is 7.13. The van der Waals surface area contributed by atoms with Gasteiger partial charge in [0.25, 0.3) is 0 Å². The van der Waals surface area contributed by atoms with E-state index in [0.29, 0.717) is 0 Å². The molecule has 0 aromatic heterocycles. The van der Waals surface area contributed by atoms with E-state index >= 15 is 0 Å². The lowest BCUT2D eigenvalue weighted by Gasteiger charge is -2.19. The van der Waals surface area contributed by atoms with E-state index in [1.165, 1.54) is 7.11 Å². The summed E-state index contributed by atoms with van der Waals surface area (Å²) in [6.45, 7) is 1.72. The van der Waals surface area contributed by atoms with Crippen molar-refractivity contribution in [1.82, 2.24) is 5.09 Å². The molecule has 0 spiro atoms. The van der Waals surface area contributed by atoms with Crippen molar-refractivity contribution in [1.29, 1.82) is 0 Å². The molecule has 1 N–H and O–H groups in total. The Bertz CT molecular complexity index is 289. The van der Waals surface area contributed by atoms with E-state index in [2.05, 4.69) is 24.0 Å². The molecule has 0 rings (SSSR count). The van der Waals surface area contributed by atoms with Crippen molar-refractivity contribution in [3.63, 3.8) is 0 Å². The highest BCUT2D eigenvalue weighted by atomic mass is 31.0. The van der Waals surface area contributed by atoms with E-state index in [4.69, 9.17) is 5.53 Å². The molecule has 0 heterocycles. The topological polar surface area (TPSA) is 91.8 Å². The predicted molar refractivity (Wildman–Crippen MR) is 57.1 cm³/mol. The Morgan fingerprint density at radius 3 is 2.67 bits per heavy atom. The van der Waals surface area contributed by atoms with Gasteiger partial charge in [-0.25, -0.2) is 0 Å². The van der Waals surface area contributed by atoms with Gasteiger partial charge in [0.1, 0.15) is 6.04 Å². The Labute approximate surface area is 90.2 Å². The van der Waals surface area contributed by atoms with E-state index < -0.39 is 12.0 Å². The lowest BCUT2D eigenvalue weighted by atomic mass is 9.97. The number of hydrogen-bond acceptors (Lipinski definition) is 4. The zero-order valence-electron chi connectivity index (χ0n) is 8.64. The van der Waals surface area contributed by atoms with Crippen LogP contribution in [0, 0.1) is 5.92 Å². The summed E-state index contributed by atoms with van der Waals surface area (Å²) in [5, 5.41) is 2.68. The van der Waals surface area contributed by atoms with Crippen LogP contribution >= 0.6 is 9.39 Å². The SMILES string of the molecule is COC(=O)C(NP)C(C)CC(=O)C=[N+]=[N-]. The molecule has 0 aromatic carbocycles. The van der Waals surface area contributed by atoms with Gasteiger partial charge in [0.2, 0.25) is 5.78 Å². The number of carbonyl (C=O) groups is 2. The van der Waals surface area contributed by atoms with E-state index in [0.717, 1.165) is 6.21 Å². The van der Waals surface area contributed by atoms with Crippen LogP contribution in [-0.2, 0) is 14.3 Å². The van der Waals surface area contributed by atoms with Crippen LogP contribution in [-0.4, -0.2) is 35.9 Å². The monoisotopic (exact) mass is 231 g/mol. The number of carbonyl (C=O) groups excluding carboxylic acids is 2. The molecule has 3 unspecified atom stereocenters. The highest BCUT2D eigenvalue weighted by Crippen LogP contribution is 2.11. The normalized spacial score (nSPS) is 13.5. The molecule has 0 saturated heterocycles. The molecular formula is C8H14N3O3P. The third-order valence-electron chi connectivity index (χ3n) is 1.93. The number of Topliss-reactive ketones (excluding diaryl/α,β-unsaturated/α-hetero) is 1. The van der Waals surface area contributed by atoms with E-state index in [-0.39, 0.29) is 18.1 Å². The maximum atomic E-state index is 11.2. The second-order valence-electron chi connectivity index (χ2n) is 3.06. The zero-order valence-corrected chi connectivity index (χ0v) is 9.79. The zero-order chi connectivity index (χ0) is 11.8. The summed E-state index contributed by atoms with van der Waals surface area (Å²) < 4.78 is 4.56. The van der Waals surface area contributed by atoms with Gasteiger partial charge >= 0.3 is 12.2 Å². The molecule has 0 saturated carbocycles. The quantitative estimate of drug-likeness (QED) is 0.225. The van der Waals surface area contributed by atoms with Gasteiger partial charge in [-0.1, -0.05) is 16.3 Å². The minimum absolute atomic E-state index is 0.102. The van der Waals surface area contributed by atoms with Crippen molar-refractivity contribution in [3.8, 4) is 0 Å². The Balaban J connectivity index is 4.39. The maximum Gasteiger partial charge on any atom is 0.323 e. The van der Waals surface area contributed by atoms with Gasteiger partial charge in [0.05, 0.1) is 7.11 Å². The average molecular weight is 231 g/mol. The summed E-state index contributed by atoms with van der Waals surface area (Å²) in [5.74, 6) is -1.04. The van der Waals surface area contributed by atoms with Crippen molar-refractivity contribution in [2.75, 3.05) is 7.11 Å². The first-order valence-electron chi connectivity index (χ1n) is 4.31. The molecule has 0 radical (unpaired) electrons. The molecule has 0 aromatic rings. The average Bonchev–Trinajstić information content (AvgIpc) is 2.18. The molecule has 0 bridgehead atoms. The third-order valence-corrected chi connectivity index (χ3v) is 2.29. The fraction of sp³-hybridized carbons (Fsp3) is 0.625. The number of ether oxygens (including phenoxy) is 1. The highest BCUT2D eigenvalue weighted by Gasteiger charge is 2.26. The van der Waals surface area contributed by atoms with Crippen LogP contribution in [0.25, 0.3) is 5.53 Å². The third kappa shape index (κ3) is 4.79. The summed E-state index contributed by atoms with van der Waals surface area (Å²) in [6.07, 6.45) is 0.916. The van der Waals surface area contributed by atoms with Gasteiger partial charge in [-0.15, -0.1) is 0 Å². The maximum absolute atomic E-state index is 11.2. The number of esters is 1. The van der Waals surface area contributed by atoms with Crippen molar-refractivity contribution < 1.29 is 19.1 Å². The first-order chi connectivity index (χ1) is 7.06. The van der Waals surface area contributed by atoms with Gasteiger partial charge in [0.15, 0.2) is 0 Å². The predicted octanol–water partition coefficient (Wildman–Crippen LogP) is -0.196. The van der Waals surface area contributed by atoms with Gasteiger partial charge in [-0.2, -0.15) is 4.79 Å². The van der Waals surface area contributed by atoms with Crippen LogP contribution in [0.1, 0.15) is 13.3 Å². The Hall–Kier alpha value is -1.09. The first-order valence-corrected chi connectivity index (χ1v) is 4.88. The van der Waals surface area contributed by atoms with Crippen molar-refractivity contribution in [3.05, 3.63) is 5.53 Å². The summed E-state index contributed by atoms with van der Waals surface area (Å²) in [4.78, 5) is 24.9. The minimum atomic E-state index is -0.573. The summed E-state index contributed by atoms with van der Waals surface area (Å²) in [7, 11) is 3.48. The Morgan fingerprint density at radius 2 is 2.27 bits per heavy atom. The number of nitrogens with zero attached hydrogens (tertiary/aromatic N) is 2. The summed E-state index contributed by atoms with van der Waals surface area (Å²) in [6, 6.07) is -0.573. The lowest BCUT2D eigenvalue weighted by Crippen LogP contribution is -2.38. The van der Waals surface area contributed by atoms with E-state index in [9.17, 15) is 9.59 Å². The molecule has 0 fully saturated rings. The molecule has 15 heavy (non-hydrogen) atoms. The second kappa shape index (κ2) is 7.23. The number of methoxy groups -OCH3 is 1. The smallest absolute Gasteiger partial charge is 0.323 e. The van der Waals surface area contributed by atoms with Crippen LogP contribution in [0.2, 0.25) is 0 Å². The number of nitrogens with one attached hydrogen (secondary N) is 1. The first kappa shape index (κ1) is 13.9. The van der Waals surface area contributed by atoms with Crippen molar-refractivity contribution >= 4 is 27.4 Å². The Kier molecular flexibility index (Phi) is 6.71. The minimum Gasteiger partial charge on any atom is -0.468 e. The van der Waals surface area contributed by atoms with Gasteiger partial charge < -0.3 is 10.3 Å². The molecule has 0 aliphatic rings. The molecule has 84 valence electrons. The molecule has 0 aliphatic heterocycles. The lowest BCUT2D eigenvalue weighted by molar-refractivity contribution is -0.144. The fourth-order valence-corrected chi connectivity index (χ4v) is 1.61. The number of rotatable bonds is 6. The largest absolute Gasteiger partial charge is 0.468 e. The molecule has 3 atom stereocenters. The van der Waals surface area contributed by atoms with Gasteiger partial charge in [-0.05, 0) is 5.92 Å². The summed E-state index contributed by atoms with van der Waals surface area (Å²) in [5.41, 5.74) is 8.14. The number of ketones is 1. The van der Waals surface area contributed by atoms with Crippen molar-refractivity contribution in [2.24, 2.45) is 5.92 Å². The van der Waals surface area contributed by atoms with E-state index in [1.807, 2.05) is 0 Å². The molecule has 0 aliphatic carbocycles. The number of hydrogen-bond donors (Lipinski definition) is 1. The standard InChI is InChI=1S/C8H14N3O3P/c1-5(3-6(12)4-10-9)7(11-15)8(13)14-2/h4-5,7,11H,3,15H2,1-2H3. The molecule has 0 amide bonds. The second-order valence-corrected chi connectivity index (χ2v) is 3.39. The molecule has 6 nitrogen and oxygen atoms in total.